The van der Waals surface area contributed by atoms with Crippen molar-refractivity contribution in [3.05, 3.63) is 41.1 Å². The van der Waals surface area contributed by atoms with Crippen molar-refractivity contribution in [2.45, 2.75) is 39.4 Å². The van der Waals surface area contributed by atoms with Gasteiger partial charge in [0.25, 0.3) is 0 Å². The van der Waals surface area contributed by atoms with E-state index < -0.39 is 23.1 Å². The van der Waals surface area contributed by atoms with E-state index >= 15 is 0 Å². The minimum absolute atomic E-state index is 0.0266. The van der Waals surface area contributed by atoms with E-state index in [0.29, 0.717) is 11.4 Å². The van der Waals surface area contributed by atoms with Gasteiger partial charge in [0.15, 0.2) is 0 Å². The zero-order valence-electron chi connectivity index (χ0n) is 16.1. The summed E-state index contributed by atoms with van der Waals surface area (Å²) in [5, 5.41) is 11.8. The van der Waals surface area contributed by atoms with Crippen LogP contribution < -0.4 is 11.1 Å². The molecule has 3 heterocycles. The van der Waals surface area contributed by atoms with E-state index in [1.807, 2.05) is 33.2 Å². The molecule has 0 saturated heterocycles. The average molecular weight is 394 g/mol. The Morgan fingerprint density at radius 2 is 1.75 bits per heavy atom. The Hall–Kier alpha value is -3.11. The number of rotatable bonds is 4. The number of hydrogen-bond donors (Lipinski definition) is 2. The summed E-state index contributed by atoms with van der Waals surface area (Å²) in [4.78, 5) is 7.65. The van der Waals surface area contributed by atoms with Gasteiger partial charge in [0.1, 0.15) is 16.9 Å². The Balaban J connectivity index is 1.93. The number of alkyl halides is 3. The van der Waals surface area contributed by atoms with Gasteiger partial charge < -0.3 is 11.1 Å². The summed E-state index contributed by atoms with van der Waals surface area (Å²) in [5.41, 5.74) is 5.70. The molecule has 0 bridgehead atoms. The molecular weight excluding hydrogens is 373 g/mol. The number of halogens is 3. The van der Waals surface area contributed by atoms with Crippen LogP contribution in [0.4, 0.5) is 30.6 Å². The summed E-state index contributed by atoms with van der Waals surface area (Å²) in [5.74, 6) is -0.650. The third-order valence-corrected chi connectivity index (χ3v) is 4.46. The standard InChI is InChI=1S/C17H21F3N8/c1-9-11(8-28(25-9)16(3,4)12-6-7-27(5)26-12)23-15-22-10(2)13(14(21)24-15)17(18,19)20/h6-8H,1-5H3,(H3,21,22,23,24). The van der Waals surface area contributed by atoms with Crippen molar-refractivity contribution >= 4 is 17.5 Å². The lowest BCUT2D eigenvalue weighted by molar-refractivity contribution is -0.137. The van der Waals surface area contributed by atoms with E-state index in [0.717, 1.165) is 5.69 Å². The van der Waals surface area contributed by atoms with Crippen LogP contribution in [0.15, 0.2) is 18.5 Å². The van der Waals surface area contributed by atoms with E-state index in [-0.39, 0.29) is 11.6 Å². The molecule has 11 heteroatoms. The van der Waals surface area contributed by atoms with Gasteiger partial charge in [0, 0.05) is 19.4 Å². The number of nitrogen functional groups attached to an aromatic ring is 1. The first-order valence-electron chi connectivity index (χ1n) is 8.45. The Morgan fingerprint density at radius 1 is 1.07 bits per heavy atom. The van der Waals surface area contributed by atoms with E-state index in [4.69, 9.17) is 5.73 Å². The van der Waals surface area contributed by atoms with Crippen molar-refractivity contribution in [2.75, 3.05) is 11.1 Å². The second-order valence-electron chi connectivity index (χ2n) is 7.02. The van der Waals surface area contributed by atoms with Gasteiger partial charge in [-0.1, -0.05) is 0 Å². The molecule has 0 spiro atoms. The van der Waals surface area contributed by atoms with Crippen molar-refractivity contribution in [3.63, 3.8) is 0 Å². The van der Waals surface area contributed by atoms with Crippen LogP contribution in [0.5, 0.6) is 0 Å². The van der Waals surface area contributed by atoms with Crippen LogP contribution in [0, 0.1) is 13.8 Å². The summed E-state index contributed by atoms with van der Waals surface area (Å²) < 4.78 is 42.5. The third-order valence-electron chi connectivity index (χ3n) is 4.46. The molecule has 0 amide bonds. The summed E-state index contributed by atoms with van der Waals surface area (Å²) in [6, 6.07) is 1.90. The minimum atomic E-state index is -4.61. The minimum Gasteiger partial charge on any atom is -0.383 e. The highest BCUT2D eigenvalue weighted by Gasteiger charge is 2.37. The molecule has 0 aliphatic rings. The van der Waals surface area contributed by atoms with Crippen molar-refractivity contribution in [2.24, 2.45) is 7.05 Å². The smallest absolute Gasteiger partial charge is 0.383 e. The van der Waals surface area contributed by atoms with Crippen LogP contribution in [0.3, 0.4) is 0 Å². The van der Waals surface area contributed by atoms with Gasteiger partial charge in [-0.25, -0.2) is 4.98 Å². The normalized spacial score (nSPS) is 12.4. The molecule has 0 aliphatic heterocycles. The molecule has 3 aromatic heterocycles. The Labute approximate surface area is 159 Å². The number of aromatic nitrogens is 6. The summed E-state index contributed by atoms with van der Waals surface area (Å²) in [6.45, 7) is 6.94. The van der Waals surface area contributed by atoms with Crippen LogP contribution >= 0.6 is 0 Å². The second-order valence-corrected chi connectivity index (χ2v) is 7.02. The fourth-order valence-corrected chi connectivity index (χ4v) is 2.85. The highest BCUT2D eigenvalue weighted by atomic mass is 19.4. The van der Waals surface area contributed by atoms with Gasteiger partial charge in [-0.15, -0.1) is 0 Å². The molecule has 0 atom stereocenters. The molecule has 3 aromatic rings. The SMILES string of the molecule is Cc1nn(C(C)(C)c2ccn(C)n2)cc1Nc1nc(C)c(C(F)(F)F)c(N)n1. The Bertz CT molecular complexity index is 993. The maximum absolute atomic E-state index is 13.0. The van der Waals surface area contributed by atoms with Crippen LogP contribution in [0.25, 0.3) is 0 Å². The highest BCUT2D eigenvalue weighted by molar-refractivity contribution is 5.58. The predicted molar refractivity (Wildman–Crippen MR) is 98.1 cm³/mol. The molecule has 8 nitrogen and oxygen atoms in total. The number of nitrogens with two attached hydrogens (primary N) is 1. The number of aryl methyl sites for hydroxylation is 3. The first kappa shape index (κ1) is 19.6. The molecule has 0 aromatic carbocycles. The van der Waals surface area contributed by atoms with Crippen LogP contribution in [0.2, 0.25) is 0 Å². The number of anilines is 3. The summed E-state index contributed by atoms with van der Waals surface area (Å²) in [6.07, 6.45) is -1.04. The van der Waals surface area contributed by atoms with Crippen LogP contribution in [0.1, 0.15) is 36.5 Å². The number of nitrogens with zero attached hydrogens (tertiary/aromatic N) is 6. The molecule has 0 radical (unpaired) electrons. The monoisotopic (exact) mass is 394 g/mol. The first-order chi connectivity index (χ1) is 12.9. The lowest BCUT2D eigenvalue weighted by atomic mass is 10.0. The van der Waals surface area contributed by atoms with Gasteiger partial charge in [0.05, 0.1) is 22.8 Å². The number of hydrogen-bond acceptors (Lipinski definition) is 6. The molecule has 28 heavy (non-hydrogen) atoms. The van der Waals surface area contributed by atoms with E-state index in [1.54, 1.807) is 22.5 Å². The van der Waals surface area contributed by atoms with Gasteiger partial charge in [-0.2, -0.15) is 28.4 Å². The average Bonchev–Trinajstić information content (AvgIpc) is 3.12. The second kappa shape index (κ2) is 6.50. The maximum Gasteiger partial charge on any atom is 0.421 e. The molecular formula is C17H21F3N8. The topological polar surface area (TPSA) is 99.5 Å². The quantitative estimate of drug-likeness (QED) is 0.705. The molecule has 0 aliphatic carbocycles. The largest absolute Gasteiger partial charge is 0.421 e. The lowest BCUT2D eigenvalue weighted by Gasteiger charge is -2.23. The Kier molecular flexibility index (Phi) is 4.56. The summed E-state index contributed by atoms with van der Waals surface area (Å²) >= 11 is 0. The molecule has 3 rings (SSSR count). The van der Waals surface area contributed by atoms with Gasteiger partial charge in [-0.05, 0) is 33.8 Å². The zero-order chi connectivity index (χ0) is 20.9. The van der Waals surface area contributed by atoms with Crippen molar-refractivity contribution in [3.8, 4) is 0 Å². The fraction of sp³-hybridized carbons (Fsp3) is 0.412. The predicted octanol–water partition coefficient (Wildman–Crippen LogP) is 3.15. The van der Waals surface area contributed by atoms with Gasteiger partial charge in [0.2, 0.25) is 5.95 Å². The highest BCUT2D eigenvalue weighted by Crippen LogP contribution is 2.35. The van der Waals surface area contributed by atoms with Crippen molar-refractivity contribution in [1.82, 2.24) is 29.5 Å². The van der Waals surface area contributed by atoms with Gasteiger partial charge in [-0.3, -0.25) is 9.36 Å². The fourth-order valence-electron chi connectivity index (χ4n) is 2.85. The van der Waals surface area contributed by atoms with Gasteiger partial charge >= 0.3 is 6.18 Å². The molecule has 0 saturated carbocycles. The van der Waals surface area contributed by atoms with E-state index in [2.05, 4.69) is 25.5 Å². The van der Waals surface area contributed by atoms with E-state index in [9.17, 15) is 13.2 Å². The van der Waals surface area contributed by atoms with E-state index in [1.165, 1.54) is 6.92 Å². The molecule has 0 fully saturated rings. The van der Waals surface area contributed by atoms with Crippen molar-refractivity contribution in [1.29, 1.82) is 0 Å². The summed E-state index contributed by atoms with van der Waals surface area (Å²) in [7, 11) is 1.83. The third kappa shape index (κ3) is 3.51. The number of nitrogens with one attached hydrogen (secondary N) is 1. The Morgan fingerprint density at radius 3 is 2.29 bits per heavy atom. The first-order valence-corrected chi connectivity index (χ1v) is 8.45. The van der Waals surface area contributed by atoms with Crippen LogP contribution in [-0.2, 0) is 18.8 Å². The van der Waals surface area contributed by atoms with Crippen molar-refractivity contribution < 1.29 is 13.2 Å². The van der Waals surface area contributed by atoms with Crippen LogP contribution in [-0.4, -0.2) is 29.5 Å². The zero-order valence-corrected chi connectivity index (χ0v) is 16.1. The molecule has 3 N–H and O–H groups in total. The molecule has 150 valence electrons. The maximum atomic E-state index is 13.0. The molecule has 0 unspecified atom stereocenters. The lowest BCUT2D eigenvalue weighted by Crippen LogP contribution is -2.29.